The molecule has 720 valence electrons. The lowest BCUT2D eigenvalue weighted by atomic mass is 9.83. The molecule has 16 aromatic rings. The molecule has 1 atom stereocenters. The number of β-amino-alcohol motifs (C(OH)–C–C–N with tert-alkyl or cyclic N) is 1. The largest absolute Gasteiger partial charge is 0.475 e. The number of sulfonamides is 1. The van der Waals surface area contributed by atoms with E-state index in [-0.39, 0.29) is 42.2 Å². The van der Waals surface area contributed by atoms with Gasteiger partial charge in [-0.25, -0.2) is 62.6 Å². The fraction of sp³-hybridized carbons (Fsp3) is 0.418. The van der Waals surface area contributed by atoms with Crippen LogP contribution in [0.1, 0.15) is 115 Å². The van der Waals surface area contributed by atoms with Gasteiger partial charge in [-0.2, -0.15) is 29.8 Å². The van der Waals surface area contributed by atoms with Crippen molar-refractivity contribution in [3.63, 3.8) is 0 Å². The zero-order chi connectivity index (χ0) is 96.0. The molecule has 138 heavy (non-hydrogen) atoms. The summed E-state index contributed by atoms with van der Waals surface area (Å²) in [6.07, 6.45) is 24.0. The van der Waals surface area contributed by atoms with E-state index in [0.29, 0.717) is 94.2 Å². The number of fused-ring (bicyclic) bond motifs is 5. The van der Waals surface area contributed by atoms with Crippen LogP contribution in [0.15, 0.2) is 166 Å². The van der Waals surface area contributed by atoms with E-state index in [9.17, 15) is 17.9 Å². The third-order valence-corrected chi connectivity index (χ3v) is 26.7. The van der Waals surface area contributed by atoms with Gasteiger partial charge in [0.25, 0.3) is 0 Å². The van der Waals surface area contributed by atoms with Gasteiger partial charge >= 0.3 is 0 Å². The van der Waals surface area contributed by atoms with Gasteiger partial charge in [0.2, 0.25) is 39.4 Å². The fourth-order valence-corrected chi connectivity index (χ4v) is 18.3. The second kappa shape index (κ2) is 41.0. The third-order valence-electron chi connectivity index (χ3n) is 24.8. The predicted octanol–water partition coefficient (Wildman–Crippen LogP) is 14.2. The number of nitrogens with zero attached hydrogens (tertiary/aromatic N) is 25. The van der Waals surface area contributed by atoms with E-state index >= 15 is 0 Å². The molecule has 16 aromatic heterocycles. The average Bonchev–Trinajstić information content (AvgIpc) is 0.833. The summed E-state index contributed by atoms with van der Waals surface area (Å²) in [6, 6.07) is 30.7. The minimum atomic E-state index is -3.15. The van der Waals surface area contributed by atoms with Crippen LogP contribution in [0, 0.1) is 5.92 Å². The summed E-state index contributed by atoms with van der Waals surface area (Å²) >= 11 is 0. The van der Waals surface area contributed by atoms with Crippen molar-refractivity contribution in [1.82, 2.24) is 125 Å². The summed E-state index contributed by atoms with van der Waals surface area (Å²) in [5.74, 6) is 7.68. The summed E-state index contributed by atoms with van der Waals surface area (Å²) in [6.45, 7) is 36.0. The van der Waals surface area contributed by atoms with Crippen LogP contribution in [-0.4, -0.2) is 284 Å². The van der Waals surface area contributed by atoms with Crippen molar-refractivity contribution in [3.8, 4) is 85.7 Å². The van der Waals surface area contributed by atoms with E-state index in [4.69, 9.17) is 23.7 Å². The molecule has 6 N–H and O–H groups in total. The van der Waals surface area contributed by atoms with Gasteiger partial charge in [-0.05, 0) is 162 Å². The molecule has 1 saturated carbocycles. The van der Waals surface area contributed by atoms with E-state index < -0.39 is 21.8 Å². The Morgan fingerprint density at radius 2 is 0.681 bits per heavy atom. The average molecular weight is 1890 g/mol. The third kappa shape index (κ3) is 21.7. The second-order valence-corrected chi connectivity index (χ2v) is 39.3. The fourth-order valence-electron chi connectivity index (χ4n) is 17.2. The Kier molecular flexibility index (Phi) is 27.9. The van der Waals surface area contributed by atoms with Crippen LogP contribution in [0.4, 0.5) is 33.5 Å². The summed E-state index contributed by atoms with van der Waals surface area (Å²) in [5.41, 5.74) is 12.8. The van der Waals surface area contributed by atoms with E-state index in [2.05, 4.69) is 148 Å². The predicted molar refractivity (Wildman–Crippen MR) is 529 cm³/mol. The molecular weight excluding hydrogens is 1780 g/mol. The van der Waals surface area contributed by atoms with E-state index in [1.807, 2.05) is 184 Å². The monoisotopic (exact) mass is 1890 g/mol. The summed E-state index contributed by atoms with van der Waals surface area (Å²) in [4.78, 5) is 57.5. The van der Waals surface area contributed by atoms with Crippen LogP contribution in [0.5, 0.6) is 29.4 Å². The van der Waals surface area contributed by atoms with Crippen molar-refractivity contribution in [2.75, 3.05) is 122 Å². The van der Waals surface area contributed by atoms with Crippen LogP contribution >= 0.6 is 0 Å². The van der Waals surface area contributed by atoms with Crippen molar-refractivity contribution in [2.24, 2.45) is 5.92 Å². The van der Waals surface area contributed by atoms with Crippen LogP contribution < -0.4 is 48.2 Å². The molecule has 0 aromatic carbocycles. The van der Waals surface area contributed by atoms with Crippen LogP contribution in [0.3, 0.4) is 0 Å². The lowest BCUT2D eigenvalue weighted by Gasteiger charge is -2.49. The molecule has 40 heteroatoms. The molecular formula is C98H117FN30O8S. The highest BCUT2D eigenvalue weighted by molar-refractivity contribution is 7.89. The van der Waals surface area contributed by atoms with Crippen LogP contribution in [-0.2, 0) is 10.0 Å². The lowest BCUT2D eigenvalue weighted by Crippen LogP contribution is -2.65. The number of aromatic amines is 5. The zero-order valence-corrected chi connectivity index (χ0v) is 80.6. The molecule has 22 rings (SSSR count). The smallest absolute Gasteiger partial charge is 0.214 e. The number of hydrogen-bond acceptors (Lipinski definition) is 31. The van der Waals surface area contributed by atoms with Crippen LogP contribution in [0.2, 0.25) is 0 Å². The Hall–Kier alpha value is -14.3. The van der Waals surface area contributed by atoms with Gasteiger partial charge in [0.1, 0.15) is 82.0 Å². The van der Waals surface area contributed by atoms with Gasteiger partial charge in [-0.15, -0.1) is 10.2 Å². The van der Waals surface area contributed by atoms with Gasteiger partial charge in [0.15, 0.2) is 0 Å². The molecule has 0 unspecified atom stereocenters. The Morgan fingerprint density at radius 1 is 0.377 bits per heavy atom. The number of ether oxygens (including phenoxy) is 5. The van der Waals surface area contributed by atoms with E-state index in [0.717, 1.165) is 185 Å². The molecule has 0 bridgehead atoms. The van der Waals surface area contributed by atoms with Gasteiger partial charge in [-0.1, -0.05) is 13.8 Å². The van der Waals surface area contributed by atoms with Gasteiger partial charge in [-0.3, -0.25) is 30.4 Å². The molecule has 5 saturated heterocycles. The molecule has 5 aliphatic heterocycles. The maximum absolute atomic E-state index is 13.5. The van der Waals surface area contributed by atoms with Crippen molar-refractivity contribution in [2.45, 2.75) is 164 Å². The Labute approximate surface area is 798 Å². The zero-order valence-electron chi connectivity index (χ0n) is 79.8. The SMILES string of the molecule is CC(C)Oc1cc2c(-c3ccnc(N4CC(O)(C(C)C)C4)c3)n[nH]c2cn1.CC(C)Oc1cc2c(-c3ccnc(N4CC(n5cnnc5)C4)c3)n[nH]c2cn1.CC(C)Oc1cc2c(-c3ccnc(N4CCN(C5CC5)CC4)c3)n[nH]c2cn1.CC(C)Oc1cc2c(-c3ccnc(N4CC[C@H](F)C4)c3)n[nH]c2cn1.CCS(=O)(=O)N1CCN(c2cc(-c3n[nH]c4cnc(OC(C)C)cc34)ccn2)CC1. The number of alkyl halides is 1. The molecule has 38 nitrogen and oxygen atoms in total. The number of piperazine rings is 2. The normalized spacial score (nSPS) is 16.4. The minimum Gasteiger partial charge on any atom is -0.475 e. The molecule has 0 amide bonds. The van der Waals surface area contributed by atoms with Gasteiger partial charge < -0.3 is 57.9 Å². The number of aromatic nitrogens is 23. The maximum Gasteiger partial charge on any atom is 0.214 e. The van der Waals surface area contributed by atoms with Gasteiger partial charge in [0.05, 0.1) is 121 Å². The van der Waals surface area contributed by atoms with Crippen LogP contribution in [0.25, 0.3) is 111 Å². The van der Waals surface area contributed by atoms with E-state index in [1.54, 1.807) is 73.5 Å². The Bertz CT molecular complexity index is 6980. The number of H-pyrrole nitrogens is 5. The molecule has 0 radical (unpaired) electrons. The molecule has 0 spiro atoms. The van der Waals surface area contributed by atoms with Crippen molar-refractivity contribution < 1.29 is 41.6 Å². The number of halogens is 1. The molecule has 21 heterocycles. The first-order valence-electron chi connectivity index (χ1n) is 47.2. The Morgan fingerprint density at radius 3 is 0.971 bits per heavy atom. The minimum absolute atomic E-state index is 0.0352. The first kappa shape index (κ1) is 94.1. The first-order valence-corrected chi connectivity index (χ1v) is 48.8. The molecule has 1 aliphatic carbocycles. The maximum atomic E-state index is 13.5. The number of nitrogens with one attached hydrogen (secondary N) is 5. The first-order chi connectivity index (χ1) is 66.7. The summed E-state index contributed by atoms with van der Waals surface area (Å²) < 4.78 is 69.9. The lowest BCUT2D eigenvalue weighted by molar-refractivity contribution is -0.0304. The van der Waals surface area contributed by atoms with Crippen molar-refractivity contribution in [1.29, 1.82) is 0 Å². The quantitative estimate of drug-likeness (QED) is 0.0309. The number of hydrogen-bond donors (Lipinski definition) is 6. The highest BCUT2D eigenvalue weighted by Crippen LogP contribution is 2.40. The molecule has 6 aliphatic rings. The Balaban J connectivity index is 0.000000115. The van der Waals surface area contributed by atoms with Crippen molar-refractivity contribution in [3.05, 3.63) is 166 Å². The highest BCUT2D eigenvalue weighted by atomic mass is 32.2. The number of rotatable bonds is 25. The summed E-state index contributed by atoms with van der Waals surface area (Å²) in [5, 5.41) is 60.7. The number of anilines is 5. The number of aliphatic hydroxyl groups is 1. The number of pyridine rings is 10. The summed E-state index contributed by atoms with van der Waals surface area (Å²) in [7, 11) is -3.15. The highest BCUT2D eigenvalue weighted by Gasteiger charge is 2.45. The standard InChI is InChI=1S/C21H26N6O.C20H26N6O3S.C20H25N5O2.C19H20N8O.C18H20FN5O/c1-14(2)28-20-12-17-18(13-23-20)24-25-21(17)15-5-6-22-19(11-15)27-9-7-26(8-10-27)16-3-4-16;1-4-30(27,28)26-9-7-25(8-10-26)18-11-15(5-6-21-18)20-16-12-19(29-14(2)3)22-13-17(16)23-24-20;1-12(2)20(26)10-25(11-20)17-7-14(5-6-21-17)19-15-8-18(27-13(3)4)22-9-16(15)23-24-19;1-12(2)28-18-6-15-16(7-21-18)24-25-19(15)13-3-4-20-17(5-13)26-8-14(9-26)27-10-22-23-11-27;1-11(2)25-17-8-14-15(9-21-17)22-23-18(14)12-3-5-20-16(7-12)24-6-4-13(19)10-24/h5-6,11-14,16H,3-4,7-10H2,1-2H3,(H,24,25);5-6,11-14H,4,7-10H2,1-3H3,(H,23,24);5-9,12-13,26H,10-11H2,1-4H3,(H,23,24);3-7,10-12,14H,8-9H2,1-2H3,(H,24,25);3,5,7-9,11,13H,4,6,10H2,1-2H3,(H,22,23)/t;;;;13-/m....0/s1. The second-order valence-electron chi connectivity index (χ2n) is 37.0. The van der Waals surface area contributed by atoms with Gasteiger partial charge in [0, 0.05) is 194 Å². The molecule has 6 fully saturated rings. The topological polar surface area (TPSA) is 426 Å². The van der Waals surface area contributed by atoms with E-state index in [1.165, 1.54) is 12.8 Å². The van der Waals surface area contributed by atoms with Crippen molar-refractivity contribution >= 4 is 93.6 Å².